The molecule has 3 N–H and O–H groups in total. The van der Waals surface area contributed by atoms with Gasteiger partial charge in [-0.1, -0.05) is 0 Å². The Hall–Kier alpha value is -0.680. The van der Waals surface area contributed by atoms with Crippen molar-refractivity contribution in [2.24, 2.45) is 5.73 Å². The monoisotopic (exact) mass is 120 g/mol. The molecule has 0 amide bonds. The molecular weight excluding hydrogens is 112 g/mol. The number of aliphatic hydroxyl groups excluding tert-OH is 1. The van der Waals surface area contributed by atoms with Gasteiger partial charge in [0.05, 0.1) is 0 Å². The quantitative estimate of drug-likeness (QED) is 0.353. The Bertz CT molecular complexity index is 84.6. The molecule has 0 rings (SSSR count). The zero-order chi connectivity index (χ0) is 6.57. The van der Waals surface area contributed by atoms with Crippen molar-refractivity contribution >= 4 is 0 Å². The van der Waals surface area contributed by atoms with Gasteiger partial charge in [-0.25, -0.2) is 0 Å². The molecule has 0 fully saturated rings. The topological polar surface area (TPSA) is 89.4 Å². The lowest BCUT2D eigenvalue weighted by Crippen LogP contribution is -2.27. The van der Waals surface area contributed by atoms with Crippen LogP contribution in [-0.4, -0.2) is 29.2 Å². The van der Waals surface area contributed by atoms with Crippen LogP contribution in [0, 0.1) is 10.1 Å². The fraction of sp³-hybridized carbons (Fsp3) is 1.00. The highest BCUT2D eigenvalue weighted by Crippen LogP contribution is 1.77. The normalized spacial score (nSPS) is 13.2. The first-order valence-corrected chi connectivity index (χ1v) is 2.16. The lowest BCUT2D eigenvalue weighted by molar-refractivity contribution is -0.489. The third kappa shape index (κ3) is 3.51. The first-order chi connectivity index (χ1) is 3.66. The third-order valence-electron chi connectivity index (χ3n) is 0.632. The number of hydrogen-bond donors (Lipinski definition) is 2. The molecule has 0 aromatic carbocycles. The SMILES string of the molecule is NCC(O)C[N+](=O)[O-]. The van der Waals surface area contributed by atoms with Crippen LogP contribution in [0.1, 0.15) is 0 Å². The Morgan fingerprint density at radius 3 is 2.50 bits per heavy atom. The summed E-state index contributed by atoms with van der Waals surface area (Å²) in [5.74, 6) is 0. The number of rotatable bonds is 3. The molecule has 0 heterocycles. The Labute approximate surface area is 46.3 Å². The van der Waals surface area contributed by atoms with Gasteiger partial charge in [0.25, 0.3) is 0 Å². The first-order valence-electron chi connectivity index (χ1n) is 2.16. The molecule has 0 saturated carbocycles. The van der Waals surface area contributed by atoms with E-state index in [-0.39, 0.29) is 6.54 Å². The zero-order valence-corrected chi connectivity index (χ0v) is 4.28. The number of nitrogens with two attached hydrogens (primary N) is 1. The van der Waals surface area contributed by atoms with Crippen molar-refractivity contribution in [1.82, 2.24) is 0 Å². The predicted octanol–water partition coefficient (Wildman–Crippen LogP) is -1.42. The van der Waals surface area contributed by atoms with Crippen LogP contribution in [0.2, 0.25) is 0 Å². The number of aliphatic hydroxyl groups is 1. The van der Waals surface area contributed by atoms with Gasteiger partial charge in [-0.3, -0.25) is 10.1 Å². The van der Waals surface area contributed by atoms with Crippen molar-refractivity contribution in [2.45, 2.75) is 6.10 Å². The van der Waals surface area contributed by atoms with Crippen molar-refractivity contribution in [2.75, 3.05) is 13.1 Å². The molecule has 5 heteroatoms. The summed E-state index contributed by atoms with van der Waals surface area (Å²) in [6.45, 7) is -0.516. The van der Waals surface area contributed by atoms with Crippen molar-refractivity contribution < 1.29 is 10.0 Å². The highest BCUT2D eigenvalue weighted by atomic mass is 16.6. The van der Waals surface area contributed by atoms with E-state index < -0.39 is 17.6 Å². The maximum absolute atomic E-state index is 9.56. The molecule has 0 bridgehead atoms. The van der Waals surface area contributed by atoms with Crippen molar-refractivity contribution in [3.8, 4) is 0 Å². The van der Waals surface area contributed by atoms with Gasteiger partial charge in [0, 0.05) is 11.5 Å². The summed E-state index contributed by atoms with van der Waals surface area (Å²) in [5.41, 5.74) is 4.87. The van der Waals surface area contributed by atoms with Gasteiger partial charge in [-0.15, -0.1) is 0 Å². The predicted molar refractivity (Wildman–Crippen MR) is 26.9 cm³/mol. The summed E-state index contributed by atoms with van der Waals surface area (Å²) in [6.07, 6.45) is -0.995. The van der Waals surface area contributed by atoms with Crippen molar-refractivity contribution in [1.29, 1.82) is 0 Å². The Morgan fingerprint density at radius 2 is 2.38 bits per heavy atom. The molecular formula is C3H8N2O3. The van der Waals surface area contributed by atoms with E-state index in [1.807, 2.05) is 0 Å². The Kier molecular flexibility index (Phi) is 3.05. The third-order valence-corrected chi connectivity index (χ3v) is 0.632. The second kappa shape index (κ2) is 3.34. The molecule has 0 saturated heterocycles. The van der Waals surface area contributed by atoms with Gasteiger partial charge >= 0.3 is 0 Å². The smallest absolute Gasteiger partial charge is 0.230 e. The number of nitro groups is 1. The molecule has 0 spiro atoms. The summed E-state index contributed by atoms with van der Waals surface area (Å²) < 4.78 is 0. The Morgan fingerprint density at radius 1 is 1.88 bits per heavy atom. The van der Waals surface area contributed by atoms with E-state index in [1.165, 1.54) is 0 Å². The molecule has 1 atom stereocenters. The van der Waals surface area contributed by atoms with Crippen LogP contribution in [-0.2, 0) is 0 Å². The Balaban J connectivity index is 3.24. The van der Waals surface area contributed by atoms with E-state index in [1.54, 1.807) is 0 Å². The van der Waals surface area contributed by atoms with Gasteiger partial charge in [0.2, 0.25) is 6.54 Å². The average Bonchev–Trinajstić information content (AvgIpc) is 1.65. The van der Waals surface area contributed by atoms with Crippen LogP contribution in [0.3, 0.4) is 0 Å². The molecule has 0 aliphatic heterocycles. The van der Waals surface area contributed by atoms with E-state index in [4.69, 9.17) is 10.8 Å². The fourth-order valence-corrected chi connectivity index (χ4v) is 0.247. The van der Waals surface area contributed by atoms with Crippen LogP contribution in [0.4, 0.5) is 0 Å². The van der Waals surface area contributed by atoms with Crippen LogP contribution >= 0.6 is 0 Å². The van der Waals surface area contributed by atoms with Gasteiger partial charge < -0.3 is 10.8 Å². The van der Waals surface area contributed by atoms with Crippen molar-refractivity contribution in [3.63, 3.8) is 0 Å². The van der Waals surface area contributed by atoms with Crippen LogP contribution in [0.15, 0.2) is 0 Å². The molecule has 8 heavy (non-hydrogen) atoms. The molecule has 5 nitrogen and oxygen atoms in total. The van der Waals surface area contributed by atoms with E-state index >= 15 is 0 Å². The second-order valence-corrected chi connectivity index (χ2v) is 1.40. The molecule has 0 radical (unpaired) electrons. The molecule has 1 unspecified atom stereocenters. The van der Waals surface area contributed by atoms with Gasteiger partial charge in [-0.05, 0) is 0 Å². The minimum atomic E-state index is -0.995. The van der Waals surface area contributed by atoms with E-state index in [0.29, 0.717) is 0 Å². The van der Waals surface area contributed by atoms with Crippen LogP contribution in [0.5, 0.6) is 0 Å². The maximum atomic E-state index is 9.56. The van der Waals surface area contributed by atoms with E-state index in [0.717, 1.165) is 0 Å². The van der Waals surface area contributed by atoms with Gasteiger partial charge in [0.15, 0.2) is 0 Å². The fourth-order valence-electron chi connectivity index (χ4n) is 0.247. The van der Waals surface area contributed by atoms with Gasteiger partial charge in [0.1, 0.15) is 6.10 Å². The molecule has 0 aliphatic rings. The van der Waals surface area contributed by atoms with Crippen LogP contribution < -0.4 is 5.73 Å². The largest absolute Gasteiger partial charge is 0.385 e. The summed E-state index contributed by atoms with van der Waals surface area (Å²) in [5, 5.41) is 18.0. The molecule has 48 valence electrons. The summed E-state index contributed by atoms with van der Waals surface area (Å²) in [7, 11) is 0. The minimum Gasteiger partial charge on any atom is -0.385 e. The molecule has 0 aliphatic carbocycles. The maximum Gasteiger partial charge on any atom is 0.230 e. The second-order valence-electron chi connectivity index (χ2n) is 1.40. The highest BCUT2D eigenvalue weighted by Gasteiger charge is 2.06. The standard InChI is InChI=1S/C3H8N2O3/c4-1-3(6)2-5(7)8/h3,6H,1-2,4H2. The summed E-state index contributed by atoms with van der Waals surface area (Å²) in [4.78, 5) is 8.96. The summed E-state index contributed by atoms with van der Waals surface area (Å²) >= 11 is 0. The highest BCUT2D eigenvalue weighted by molar-refractivity contribution is 4.50. The minimum absolute atomic E-state index is 0.0546. The zero-order valence-electron chi connectivity index (χ0n) is 4.28. The van der Waals surface area contributed by atoms with Gasteiger partial charge in [-0.2, -0.15) is 0 Å². The van der Waals surface area contributed by atoms with Crippen LogP contribution in [0.25, 0.3) is 0 Å². The molecule has 0 aromatic heterocycles. The average molecular weight is 120 g/mol. The number of nitrogens with zero attached hydrogens (tertiary/aromatic N) is 1. The van der Waals surface area contributed by atoms with E-state index in [2.05, 4.69) is 0 Å². The first kappa shape index (κ1) is 7.32. The lowest BCUT2D eigenvalue weighted by Gasteiger charge is -1.97. The van der Waals surface area contributed by atoms with E-state index in [9.17, 15) is 10.1 Å². The van der Waals surface area contributed by atoms with Crippen molar-refractivity contribution in [3.05, 3.63) is 10.1 Å². The lowest BCUT2D eigenvalue weighted by atomic mass is 10.4. The summed E-state index contributed by atoms with van der Waals surface area (Å²) in [6, 6.07) is 0. The number of hydrogen-bond acceptors (Lipinski definition) is 4. The molecule has 0 aromatic rings.